The molecule has 9 nitrogen and oxygen atoms in total. The zero-order chi connectivity index (χ0) is 13.6. The smallest absolute Gasteiger partial charge is 0.280 e. The fourth-order valence-electron chi connectivity index (χ4n) is 2.20. The topological polar surface area (TPSA) is 139 Å². The summed E-state index contributed by atoms with van der Waals surface area (Å²) in [7, 11) is 0. The lowest BCUT2D eigenvalue weighted by Gasteiger charge is -2.13. The maximum absolute atomic E-state index is 11.6. The molecule has 19 heavy (non-hydrogen) atoms. The number of hydrogen-bond acceptors (Lipinski definition) is 7. The standard InChI is InChI=1S/C10H13N5O4/c11-10-13-8-7(9(18)14-10)12-3-15(8)6-1-4(17)5(2-16)19-6/h3-6,16-17H,1-2H2,(H3,11,13,14,18)/t4-,5+,6-/m0/s1. The van der Waals surface area contributed by atoms with E-state index in [1.165, 1.54) is 10.9 Å². The lowest BCUT2D eigenvalue weighted by molar-refractivity contribution is -0.0432. The van der Waals surface area contributed by atoms with Crippen LogP contribution in [0.2, 0.25) is 0 Å². The van der Waals surface area contributed by atoms with Crippen LogP contribution in [0.3, 0.4) is 0 Å². The summed E-state index contributed by atoms with van der Waals surface area (Å²) < 4.78 is 7.01. The van der Waals surface area contributed by atoms with E-state index in [0.29, 0.717) is 0 Å². The van der Waals surface area contributed by atoms with Crippen molar-refractivity contribution < 1.29 is 14.9 Å². The number of aliphatic hydroxyl groups excluding tert-OH is 2. The predicted molar refractivity (Wildman–Crippen MR) is 64.2 cm³/mol. The molecule has 1 fully saturated rings. The number of nitrogens with two attached hydrogens (primary N) is 1. The van der Waals surface area contributed by atoms with Gasteiger partial charge in [-0.05, 0) is 0 Å². The van der Waals surface area contributed by atoms with Crippen molar-refractivity contribution in [3.63, 3.8) is 0 Å². The molecule has 1 aliphatic heterocycles. The number of ether oxygens (including phenoxy) is 1. The van der Waals surface area contributed by atoms with Gasteiger partial charge in [0.1, 0.15) is 12.3 Å². The van der Waals surface area contributed by atoms with Gasteiger partial charge in [-0.1, -0.05) is 0 Å². The van der Waals surface area contributed by atoms with Crippen molar-refractivity contribution in [2.24, 2.45) is 0 Å². The first-order valence-corrected chi connectivity index (χ1v) is 5.77. The van der Waals surface area contributed by atoms with Gasteiger partial charge in [-0.3, -0.25) is 14.3 Å². The lowest BCUT2D eigenvalue weighted by Crippen LogP contribution is -2.24. The minimum atomic E-state index is -0.771. The fraction of sp³-hybridized carbons (Fsp3) is 0.500. The van der Waals surface area contributed by atoms with Crippen LogP contribution in [0.25, 0.3) is 11.2 Å². The van der Waals surface area contributed by atoms with Crippen LogP contribution in [0.1, 0.15) is 12.6 Å². The second-order valence-electron chi connectivity index (χ2n) is 4.39. The molecule has 0 radical (unpaired) electrons. The molecule has 2 aromatic rings. The number of rotatable bonds is 2. The van der Waals surface area contributed by atoms with E-state index >= 15 is 0 Å². The molecule has 0 spiro atoms. The molecule has 0 saturated carbocycles. The van der Waals surface area contributed by atoms with Crippen molar-refractivity contribution in [3.8, 4) is 0 Å². The highest BCUT2D eigenvalue weighted by atomic mass is 16.5. The third kappa shape index (κ3) is 1.87. The maximum atomic E-state index is 11.6. The van der Waals surface area contributed by atoms with Gasteiger partial charge in [0.15, 0.2) is 11.2 Å². The van der Waals surface area contributed by atoms with Crippen molar-refractivity contribution in [3.05, 3.63) is 16.7 Å². The summed E-state index contributed by atoms with van der Waals surface area (Å²) in [5.74, 6) is -0.0171. The van der Waals surface area contributed by atoms with E-state index < -0.39 is 24.0 Å². The molecule has 1 aliphatic rings. The number of H-pyrrole nitrogens is 1. The Morgan fingerprint density at radius 1 is 1.63 bits per heavy atom. The average Bonchev–Trinajstić information content (AvgIpc) is 2.92. The van der Waals surface area contributed by atoms with Crippen molar-refractivity contribution in [2.45, 2.75) is 24.9 Å². The molecule has 5 N–H and O–H groups in total. The third-order valence-corrected chi connectivity index (χ3v) is 3.15. The number of anilines is 1. The summed E-state index contributed by atoms with van der Waals surface area (Å²) in [6, 6.07) is 0. The Morgan fingerprint density at radius 3 is 3.11 bits per heavy atom. The highest BCUT2D eigenvalue weighted by Gasteiger charge is 2.35. The Morgan fingerprint density at radius 2 is 2.42 bits per heavy atom. The maximum Gasteiger partial charge on any atom is 0.280 e. The number of aromatic amines is 1. The molecule has 3 heterocycles. The minimum absolute atomic E-state index is 0.0171. The summed E-state index contributed by atoms with van der Waals surface area (Å²) in [6.45, 7) is -0.277. The van der Waals surface area contributed by atoms with Gasteiger partial charge in [0.25, 0.3) is 5.56 Å². The largest absolute Gasteiger partial charge is 0.394 e. The zero-order valence-electron chi connectivity index (χ0n) is 9.85. The van der Waals surface area contributed by atoms with E-state index in [1.54, 1.807) is 0 Å². The molecule has 0 unspecified atom stereocenters. The Kier molecular flexibility index (Phi) is 2.73. The second-order valence-corrected chi connectivity index (χ2v) is 4.39. The van der Waals surface area contributed by atoms with Crippen molar-refractivity contribution in [1.82, 2.24) is 19.5 Å². The number of aromatic nitrogens is 4. The normalized spacial score (nSPS) is 27.2. The summed E-state index contributed by atoms with van der Waals surface area (Å²) in [6.07, 6.45) is -0.270. The van der Waals surface area contributed by atoms with Gasteiger partial charge in [0.2, 0.25) is 5.95 Å². The number of hydrogen-bond donors (Lipinski definition) is 4. The van der Waals surface area contributed by atoms with Gasteiger partial charge in [-0.15, -0.1) is 0 Å². The Balaban J connectivity index is 2.05. The Hall–Kier alpha value is -1.97. The first-order valence-electron chi connectivity index (χ1n) is 5.77. The van der Waals surface area contributed by atoms with Crippen LogP contribution in [0.15, 0.2) is 11.1 Å². The number of aliphatic hydroxyl groups is 2. The third-order valence-electron chi connectivity index (χ3n) is 3.15. The van der Waals surface area contributed by atoms with Crippen LogP contribution in [-0.4, -0.2) is 48.5 Å². The molecule has 0 bridgehead atoms. The first-order chi connectivity index (χ1) is 9.10. The predicted octanol–water partition coefficient (Wildman–Crippen LogP) is -1.66. The molecule has 0 aromatic carbocycles. The van der Waals surface area contributed by atoms with Gasteiger partial charge < -0.3 is 20.7 Å². The highest BCUT2D eigenvalue weighted by Crippen LogP contribution is 2.30. The van der Waals surface area contributed by atoms with E-state index in [9.17, 15) is 9.90 Å². The SMILES string of the molecule is Nc1nc2c(ncn2[C@@H]2C[C@H](O)[C@@H](CO)O2)c(=O)[nH]1. The van der Waals surface area contributed by atoms with Gasteiger partial charge in [-0.2, -0.15) is 4.98 Å². The minimum Gasteiger partial charge on any atom is -0.394 e. The van der Waals surface area contributed by atoms with Crippen LogP contribution >= 0.6 is 0 Å². The summed E-state index contributed by atoms with van der Waals surface area (Å²) in [5.41, 5.74) is 5.50. The number of fused-ring (bicyclic) bond motifs is 1. The molecular formula is C10H13N5O4. The van der Waals surface area contributed by atoms with Crippen molar-refractivity contribution in [1.29, 1.82) is 0 Å². The first kappa shape index (κ1) is 12.1. The van der Waals surface area contributed by atoms with Crippen molar-refractivity contribution >= 4 is 17.1 Å². The Bertz CT molecular complexity index is 665. The number of nitrogen functional groups attached to an aromatic ring is 1. The number of nitrogens with one attached hydrogen (secondary N) is 1. The molecule has 1 saturated heterocycles. The van der Waals surface area contributed by atoms with Crippen LogP contribution in [0, 0.1) is 0 Å². The van der Waals surface area contributed by atoms with Gasteiger partial charge in [0.05, 0.1) is 19.0 Å². The highest BCUT2D eigenvalue weighted by molar-refractivity contribution is 5.70. The van der Waals surface area contributed by atoms with Crippen LogP contribution in [-0.2, 0) is 4.74 Å². The molecule has 102 valence electrons. The summed E-state index contributed by atoms with van der Waals surface area (Å²) >= 11 is 0. The monoisotopic (exact) mass is 267 g/mol. The number of nitrogens with zero attached hydrogens (tertiary/aromatic N) is 3. The van der Waals surface area contributed by atoms with Crippen LogP contribution < -0.4 is 11.3 Å². The molecule has 2 aromatic heterocycles. The molecule has 0 amide bonds. The molecular weight excluding hydrogens is 254 g/mol. The summed E-state index contributed by atoms with van der Waals surface area (Å²) in [4.78, 5) is 22.0. The van der Waals surface area contributed by atoms with Crippen molar-refractivity contribution in [2.75, 3.05) is 12.3 Å². The van der Waals surface area contributed by atoms with Gasteiger partial charge in [-0.25, -0.2) is 4.98 Å². The van der Waals surface area contributed by atoms with Crippen LogP contribution in [0.4, 0.5) is 5.95 Å². The zero-order valence-corrected chi connectivity index (χ0v) is 9.85. The second kappa shape index (κ2) is 4.30. The van der Waals surface area contributed by atoms with E-state index in [2.05, 4.69) is 15.0 Å². The Labute approximate surface area is 106 Å². The van der Waals surface area contributed by atoms with E-state index in [-0.39, 0.29) is 30.1 Å². The van der Waals surface area contributed by atoms with E-state index in [4.69, 9.17) is 15.6 Å². The lowest BCUT2D eigenvalue weighted by atomic mass is 10.2. The quantitative estimate of drug-likeness (QED) is 0.510. The number of imidazole rings is 1. The summed E-state index contributed by atoms with van der Waals surface area (Å²) in [5, 5.41) is 18.8. The van der Waals surface area contributed by atoms with Gasteiger partial charge >= 0.3 is 0 Å². The van der Waals surface area contributed by atoms with E-state index in [1.807, 2.05) is 0 Å². The fourth-order valence-corrected chi connectivity index (χ4v) is 2.20. The van der Waals surface area contributed by atoms with Gasteiger partial charge in [0, 0.05) is 6.42 Å². The molecule has 3 atom stereocenters. The average molecular weight is 267 g/mol. The van der Waals surface area contributed by atoms with Crippen LogP contribution in [0.5, 0.6) is 0 Å². The van der Waals surface area contributed by atoms with E-state index in [0.717, 1.165) is 0 Å². The molecule has 9 heteroatoms. The molecule has 3 rings (SSSR count). The molecule has 0 aliphatic carbocycles.